The predicted octanol–water partition coefficient (Wildman–Crippen LogP) is 2.28. The zero-order valence-electron chi connectivity index (χ0n) is 16.9. The number of aromatic amines is 1. The first-order chi connectivity index (χ1) is 13.6. The molecule has 1 saturated heterocycles. The minimum atomic E-state index is -0.505. The lowest BCUT2D eigenvalue weighted by molar-refractivity contribution is 0.0608. The van der Waals surface area contributed by atoms with E-state index >= 15 is 0 Å². The van der Waals surface area contributed by atoms with Gasteiger partial charge in [-0.3, -0.25) is 10.00 Å². The number of aliphatic hydroxyl groups is 1. The lowest BCUT2D eigenvalue weighted by Crippen LogP contribution is -2.38. The van der Waals surface area contributed by atoms with Crippen molar-refractivity contribution in [2.24, 2.45) is 0 Å². The summed E-state index contributed by atoms with van der Waals surface area (Å²) in [6.45, 7) is 4.62. The molecule has 1 atom stereocenters. The van der Waals surface area contributed by atoms with E-state index in [4.69, 9.17) is 9.47 Å². The van der Waals surface area contributed by atoms with Crippen LogP contribution < -0.4 is 9.47 Å². The topological polar surface area (TPSA) is 73.8 Å². The standard InChI is InChI=1S/C21H32N4O3/c1-24(14-18-8-9-22-23-18)13-17-6-7-20(27-2)21(12-17)28-16-19(26)15-25-10-4-3-5-11-25/h6-9,12,19,26H,3-5,10-11,13-16H2,1-2H3,(H,22,23). The molecule has 2 aromatic rings. The minimum absolute atomic E-state index is 0.264. The van der Waals surface area contributed by atoms with Gasteiger partial charge >= 0.3 is 0 Å². The summed E-state index contributed by atoms with van der Waals surface area (Å²) in [4.78, 5) is 4.51. The van der Waals surface area contributed by atoms with E-state index in [1.165, 1.54) is 19.3 Å². The monoisotopic (exact) mass is 388 g/mol. The Balaban J connectivity index is 1.54. The summed E-state index contributed by atoms with van der Waals surface area (Å²) >= 11 is 0. The summed E-state index contributed by atoms with van der Waals surface area (Å²) in [6, 6.07) is 7.93. The number of H-pyrrole nitrogens is 1. The van der Waals surface area contributed by atoms with Gasteiger partial charge in [-0.15, -0.1) is 0 Å². The summed E-state index contributed by atoms with van der Waals surface area (Å²) in [5.74, 6) is 1.36. The number of rotatable bonds is 10. The van der Waals surface area contributed by atoms with Crippen LogP contribution in [0.25, 0.3) is 0 Å². The molecule has 1 aromatic carbocycles. The van der Waals surface area contributed by atoms with E-state index in [0.717, 1.165) is 37.4 Å². The van der Waals surface area contributed by atoms with E-state index in [0.29, 0.717) is 18.0 Å². The number of ether oxygens (including phenoxy) is 2. The highest BCUT2D eigenvalue weighted by molar-refractivity contribution is 5.43. The van der Waals surface area contributed by atoms with Crippen molar-refractivity contribution in [2.45, 2.75) is 38.5 Å². The lowest BCUT2D eigenvalue weighted by Gasteiger charge is -2.28. The number of nitrogens with zero attached hydrogens (tertiary/aromatic N) is 3. The Bertz CT molecular complexity index is 702. The molecular weight excluding hydrogens is 356 g/mol. The largest absolute Gasteiger partial charge is 0.493 e. The number of likely N-dealkylation sites (tertiary alicyclic amines) is 1. The SMILES string of the molecule is COc1ccc(CN(C)Cc2ccn[nH]2)cc1OCC(O)CN1CCCCC1. The summed E-state index contributed by atoms with van der Waals surface area (Å²) < 4.78 is 11.4. The number of methoxy groups -OCH3 is 1. The van der Waals surface area contributed by atoms with E-state index < -0.39 is 6.10 Å². The number of aliphatic hydroxyl groups excluding tert-OH is 1. The van der Waals surface area contributed by atoms with E-state index in [9.17, 15) is 5.11 Å². The average Bonchev–Trinajstić information content (AvgIpc) is 3.20. The number of hydrogen-bond acceptors (Lipinski definition) is 6. The van der Waals surface area contributed by atoms with Crippen LogP contribution in [0.2, 0.25) is 0 Å². The Kier molecular flexibility index (Phi) is 7.71. The first kappa shape index (κ1) is 20.6. The van der Waals surface area contributed by atoms with Crippen molar-refractivity contribution in [3.63, 3.8) is 0 Å². The van der Waals surface area contributed by atoms with Gasteiger partial charge < -0.3 is 19.5 Å². The smallest absolute Gasteiger partial charge is 0.161 e. The van der Waals surface area contributed by atoms with Gasteiger partial charge in [0.15, 0.2) is 11.5 Å². The minimum Gasteiger partial charge on any atom is -0.493 e. The molecule has 1 fully saturated rings. The van der Waals surface area contributed by atoms with E-state index in [1.54, 1.807) is 13.3 Å². The van der Waals surface area contributed by atoms with Crippen LogP contribution in [0.5, 0.6) is 11.5 Å². The van der Waals surface area contributed by atoms with Gasteiger partial charge in [0, 0.05) is 31.5 Å². The number of β-amino-alcohol motifs (C(OH)–C–C–N with tert-alkyl or cyclic N) is 1. The van der Waals surface area contributed by atoms with Crippen LogP contribution in [0.1, 0.15) is 30.5 Å². The second-order valence-electron chi connectivity index (χ2n) is 7.57. The number of hydrogen-bond donors (Lipinski definition) is 2. The van der Waals surface area contributed by atoms with Crippen molar-refractivity contribution in [1.82, 2.24) is 20.0 Å². The molecule has 2 N–H and O–H groups in total. The molecule has 7 nitrogen and oxygen atoms in total. The second kappa shape index (κ2) is 10.5. The fourth-order valence-corrected chi connectivity index (χ4v) is 3.64. The van der Waals surface area contributed by atoms with Crippen molar-refractivity contribution in [1.29, 1.82) is 0 Å². The molecule has 1 aromatic heterocycles. The van der Waals surface area contributed by atoms with Crippen molar-refractivity contribution >= 4 is 0 Å². The zero-order chi connectivity index (χ0) is 19.8. The Morgan fingerprint density at radius 3 is 2.71 bits per heavy atom. The third kappa shape index (κ3) is 6.22. The molecule has 154 valence electrons. The molecule has 1 aliphatic heterocycles. The molecule has 0 saturated carbocycles. The maximum absolute atomic E-state index is 10.4. The van der Waals surface area contributed by atoms with Gasteiger partial charge in [0.05, 0.1) is 7.11 Å². The van der Waals surface area contributed by atoms with Gasteiger partial charge in [-0.2, -0.15) is 5.10 Å². The van der Waals surface area contributed by atoms with Gasteiger partial charge in [0.2, 0.25) is 0 Å². The molecular formula is C21H32N4O3. The summed E-state index contributed by atoms with van der Waals surface area (Å²) in [6.07, 6.45) is 4.99. The number of piperidine rings is 1. The zero-order valence-corrected chi connectivity index (χ0v) is 16.9. The second-order valence-corrected chi connectivity index (χ2v) is 7.57. The Labute approximate surface area is 167 Å². The van der Waals surface area contributed by atoms with Crippen LogP contribution in [0.4, 0.5) is 0 Å². The number of benzene rings is 1. The fraction of sp³-hybridized carbons (Fsp3) is 0.571. The third-order valence-electron chi connectivity index (χ3n) is 5.03. The van der Waals surface area contributed by atoms with Crippen LogP contribution in [-0.4, -0.2) is 71.6 Å². The molecule has 0 aliphatic carbocycles. The van der Waals surface area contributed by atoms with Crippen molar-refractivity contribution in [3.8, 4) is 11.5 Å². The normalized spacial score (nSPS) is 16.3. The highest BCUT2D eigenvalue weighted by Crippen LogP contribution is 2.29. The maximum Gasteiger partial charge on any atom is 0.161 e. The molecule has 0 radical (unpaired) electrons. The van der Waals surface area contributed by atoms with E-state index in [1.807, 2.05) is 24.3 Å². The summed E-state index contributed by atoms with van der Waals surface area (Å²) in [5, 5.41) is 17.3. The number of aromatic nitrogens is 2. The van der Waals surface area contributed by atoms with Crippen LogP contribution in [0, 0.1) is 0 Å². The van der Waals surface area contributed by atoms with Crippen LogP contribution >= 0.6 is 0 Å². The van der Waals surface area contributed by atoms with Crippen molar-refractivity contribution in [3.05, 3.63) is 41.7 Å². The number of nitrogens with one attached hydrogen (secondary N) is 1. The van der Waals surface area contributed by atoms with Crippen LogP contribution in [0.15, 0.2) is 30.5 Å². The van der Waals surface area contributed by atoms with Gasteiger partial charge in [-0.05, 0) is 56.7 Å². The highest BCUT2D eigenvalue weighted by Gasteiger charge is 2.16. The predicted molar refractivity (Wildman–Crippen MR) is 109 cm³/mol. The summed E-state index contributed by atoms with van der Waals surface area (Å²) in [7, 11) is 3.70. The molecule has 2 heterocycles. The first-order valence-electron chi connectivity index (χ1n) is 10.0. The molecule has 1 unspecified atom stereocenters. The highest BCUT2D eigenvalue weighted by atomic mass is 16.5. The Morgan fingerprint density at radius 2 is 2.00 bits per heavy atom. The van der Waals surface area contributed by atoms with Crippen LogP contribution in [0.3, 0.4) is 0 Å². The Morgan fingerprint density at radius 1 is 1.18 bits per heavy atom. The molecule has 1 aliphatic rings. The van der Waals surface area contributed by atoms with Gasteiger partial charge in [0.25, 0.3) is 0 Å². The molecule has 7 heteroatoms. The molecule has 3 rings (SSSR count). The quantitative estimate of drug-likeness (QED) is 0.651. The Hall–Kier alpha value is -2.09. The first-order valence-corrected chi connectivity index (χ1v) is 10.0. The molecule has 0 amide bonds. The van der Waals surface area contributed by atoms with Crippen molar-refractivity contribution in [2.75, 3.05) is 40.4 Å². The molecule has 0 bridgehead atoms. The lowest BCUT2D eigenvalue weighted by atomic mass is 10.1. The van der Waals surface area contributed by atoms with Gasteiger partial charge in [-0.25, -0.2) is 0 Å². The van der Waals surface area contributed by atoms with Gasteiger partial charge in [0.1, 0.15) is 12.7 Å². The van der Waals surface area contributed by atoms with Crippen LogP contribution in [-0.2, 0) is 13.1 Å². The van der Waals surface area contributed by atoms with E-state index in [2.05, 4.69) is 27.0 Å². The molecule has 28 heavy (non-hydrogen) atoms. The maximum atomic E-state index is 10.4. The van der Waals surface area contributed by atoms with Crippen molar-refractivity contribution < 1.29 is 14.6 Å². The third-order valence-corrected chi connectivity index (χ3v) is 5.03. The summed E-state index contributed by atoms with van der Waals surface area (Å²) in [5.41, 5.74) is 2.21. The molecule has 0 spiro atoms. The van der Waals surface area contributed by atoms with E-state index in [-0.39, 0.29) is 6.61 Å². The fourth-order valence-electron chi connectivity index (χ4n) is 3.64. The average molecular weight is 389 g/mol. The van der Waals surface area contributed by atoms with Gasteiger partial charge in [-0.1, -0.05) is 12.5 Å².